The number of hydrogen-bond acceptors (Lipinski definition) is 3. The highest BCUT2D eigenvalue weighted by Gasteiger charge is 2.50. The Hall–Kier alpha value is -2.37. The van der Waals surface area contributed by atoms with Gasteiger partial charge in [0.25, 0.3) is 5.91 Å². The largest absolute Gasteiger partial charge is 0.325 e. The van der Waals surface area contributed by atoms with Crippen molar-refractivity contribution < 1.29 is 14.4 Å². The zero-order chi connectivity index (χ0) is 18.2. The maximum Gasteiger partial charge on any atom is 0.325 e. The van der Waals surface area contributed by atoms with Crippen molar-refractivity contribution in [3.8, 4) is 0 Å². The van der Waals surface area contributed by atoms with Gasteiger partial charge in [0.05, 0.1) is 11.6 Å². The van der Waals surface area contributed by atoms with Crippen LogP contribution in [-0.4, -0.2) is 29.2 Å². The summed E-state index contributed by atoms with van der Waals surface area (Å²) >= 11 is 12.2. The molecule has 2 aromatic carbocycles. The number of rotatable bonds is 4. The Morgan fingerprint density at radius 1 is 1.04 bits per heavy atom. The van der Waals surface area contributed by atoms with Crippen LogP contribution in [0.15, 0.2) is 48.5 Å². The van der Waals surface area contributed by atoms with Gasteiger partial charge in [-0.3, -0.25) is 14.5 Å². The summed E-state index contributed by atoms with van der Waals surface area (Å²) in [4.78, 5) is 38.5. The van der Waals surface area contributed by atoms with E-state index in [0.29, 0.717) is 10.6 Å². The van der Waals surface area contributed by atoms with Crippen LogP contribution in [0.5, 0.6) is 0 Å². The second-order valence-corrected chi connectivity index (χ2v) is 6.64. The Labute approximate surface area is 154 Å². The van der Waals surface area contributed by atoms with Crippen molar-refractivity contribution in [1.82, 2.24) is 10.2 Å². The summed E-state index contributed by atoms with van der Waals surface area (Å²) in [6, 6.07) is 12.6. The molecule has 25 heavy (non-hydrogen) atoms. The van der Waals surface area contributed by atoms with E-state index in [0.717, 1.165) is 4.90 Å². The quantitative estimate of drug-likeness (QED) is 0.654. The number of carbonyl (C=O) groups is 3. The van der Waals surface area contributed by atoms with E-state index in [1.165, 1.54) is 0 Å². The third kappa shape index (κ3) is 3.01. The fraction of sp³-hybridized carbons (Fsp3) is 0.167. The number of halogens is 2. The molecular weight excluding hydrogens is 363 g/mol. The lowest BCUT2D eigenvalue weighted by Crippen LogP contribution is -2.41. The minimum absolute atomic E-state index is 0.260. The Morgan fingerprint density at radius 2 is 1.64 bits per heavy atom. The highest BCUT2D eigenvalue weighted by molar-refractivity contribution is 6.34. The van der Waals surface area contributed by atoms with Gasteiger partial charge in [0.15, 0.2) is 5.78 Å². The van der Waals surface area contributed by atoms with Gasteiger partial charge in [-0.05, 0) is 25.1 Å². The summed E-state index contributed by atoms with van der Waals surface area (Å²) in [5.74, 6) is -0.955. The molecule has 7 heteroatoms. The molecule has 0 radical (unpaired) electrons. The molecule has 1 atom stereocenters. The van der Waals surface area contributed by atoms with E-state index in [9.17, 15) is 14.4 Å². The summed E-state index contributed by atoms with van der Waals surface area (Å²) in [5.41, 5.74) is -0.588. The number of carbonyl (C=O) groups excluding carboxylic acids is 3. The standard InChI is InChI=1S/C18H14Cl2N2O3/c1-18(12-7-3-5-9-14(12)20)16(24)22(17(25)21-18)10-15(23)11-6-2-4-8-13(11)19/h2-9H,10H2,1H3,(H,21,25)/t18-/m1/s1. The molecule has 0 aromatic heterocycles. The van der Waals surface area contributed by atoms with E-state index in [1.807, 2.05) is 0 Å². The van der Waals surface area contributed by atoms with E-state index >= 15 is 0 Å². The van der Waals surface area contributed by atoms with Crippen LogP contribution in [0.3, 0.4) is 0 Å². The molecule has 1 N–H and O–H groups in total. The molecule has 5 nitrogen and oxygen atoms in total. The van der Waals surface area contributed by atoms with Crippen molar-refractivity contribution in [1.29, 1.82) is 0 Å². The number of Topliss-reactive ketones (excluding diaryl/α,β-unsaturated/α-hetero) is 1. The summed E-state index contributed by atoms with van der Waals surface area (Å²) < 4.78 is 0. The Balaban J connectivity index is 1.89. The minimum atomic E-state index is -1.32. The second kappa shape index (κ2) is 6.50. The van der Waals surface area contributed by atoms with Crippen LogP contribution in [0.1, 0.15) is 22.8 Å². The van der Waals surface area contributed by atoms with E-state index in [4.69, 9.17) is 23.2 Å². The topological polar surface area (TPSA) is 66.5 Å². The number of benzene rings is 2. The number of imide groups is 1. The first kappa shape index (κ1) is 17.5. The highest BCUT2D eigenvalue weighted by Crippen LogP contribution is 2.33. The summed E-state index contributed by atoms with van der Waals surface area (Å²) in [7, 11) is 0. The lowest BCUT2D eigenvalue weighted by atomic mass is 9.92. The van der Waals surface area contributed by atoms with Gasteiger partial charge in [-0.2, -0.15) is 0 Å². The number of amides is 3. The fourth-order valence-electron chi connectivity index (χ4n) is 2.81. The second-order valence-electron chi connectivity index (χ2n) is 5.83. The molecule has 1 aliphatic heterocycles. The third-order valence-corrected chi connectivity index (χ3v) is 4.82. The lowest BCUT2D eigenvalue weighted by molar-refractivity contribution is -0.130. The SMILES string of the molecule is C[C@]1(c2ccccc2Cl)NC(=O)N(CC(=O)c2ccccc2Cl)C1=O. The molecule has 0 bridgehead atoms. The van der Waals surface area contributed by atoms with Gasteiger partial charge in [-0.15, -0.1) is 0 Å². The first-order valence-corrected chi connectivity index (χ1v) is 8.27. The van der Waals surface area contributed by atoms with Gasteiger partial charge in [0.1, 0.15) is 5.54 Å². The first-order valence-electron chi connectivity index (χ1n) is 7.51. The molecular formula is C18H14Cl2N2O3. The molecule has 2 aromatic rings. The zero-order valence-electron chi connectivity index (χ0n) is 13.3. The van der Waals surface area contributed by atoms with E-state index in [1.54, 1.807) is 55.5 Å². The van der Waals surface area contributed by atoms with E-state index in [2.05, 4.69) is 5.32 Å². The average Bonchev–Trinajstić information content (AvgIpc) is 2.79. The van der Waals surface area contributed by atoms with Gasteiger partial charge in [0, 0.05) is 16.1 Å². The normalized spacial score (nSPS) is 19.9. The van der Waals surface area contributed by atoms with Crippen LogP contribution in [-0.2, 0) is 10.3 Å². The maximum atomic E-state index is 12.8. The molecule has 0 unspecified atom stereocenters. The lowest BCUT2D eigenvalue weighted by Gasteiger charge is -2.23. The Bertz CT molecular complexity index is 884. The predicted molar refractivity (Wildman–Crippen MR) is 94.8 cm³/mol. The fourth-order valence-corrected chi connectivity index (χ4v) is 3.37. The molecule has 0 saturated carbocycles. The van der Waals surface area contributed by atoms with Gasteiger partial charge < -0.3 is 5.32 Å². The van der Waals surface area contributed by atoms with Crippen molar-refractivity contribution in [2.24, 2.45) is 0 Å². The van der Waals surface area contributed by atoms with Gasteiger partial charge in [-0.1, -0.05) is 53.5 Å². The number of nitrogens with zero attached hydrogens (tertiary/aromatic N) is 1. The smallest absolute Gasteiger partial charge is 0.319 e. The minimum Gasteiger partial charge on any atom is -0.319 e. The molecule has 3 rings (SSSR count). The highest BCUT2D eigenvalue weighted by atomic mass is 35.5. The molecule has 3 amide bonds. The molecule has 128 valence electrons. The summed E-state index contributed by atoms with van der Waals surface area (Å²) in [5, 5.41) is 3.26. The summed E-state index contributed by atoms with van der Waals surface area (Å²) in [6.07, 6.45) is 0. The van der Waals surface area contributed by atoms with Crippen molar-refractivity contribution in [2.75, 3.05) is 6.54 Å². The molecule has 1 aliphatic rings. The van der Waals surface area contributed by atoms with Crippen LogP contribution < -0.4 is 5.32 Å². The molecule has 1 saturated heterocycles. The maximum absolute atomic E-state index is 12.8. The third-order valence-electron chi connectivity index (χ3n) is 4.16. The number of ketones is 1. The Kier molecular flexibility index (Phi) is 4.54. The van der Waals surface area contributed by atoms with Crippen LogP contribution in [0.2, 0.25) is 10.0 Å². The number of urea groups is 1. The van der Waals surface area contributed by atoms with Gasteiger partial charge in [-0.25, -0.2) is 4.79 Å². The zero-order valence-corrected chi connectivity index (χ0v) is 14.8. The van der Waals surface area contributed by atoms with Crippen molar-refractivity contribution >= 4 is 40.9 Å². The number of hydrogen-bond donors (Lipinski definition) is 1. The molecule has 0 spiro atoms. The summed E-state index contributed by atoms with van der Waals surface area (Å²) in [6.45, 7) is 1.17. The van der Waals surface area contributed by atoms with E-state index in [-0.39, 0.29) is 10.6 Å². The first-order chi connectivity index (χ1) is 11.8. The number of nitrogens with one attached hydrogen (secondary N) is 1. The van der Waals surface area contributed by atoms with Crippen molar-refractivity contribution in [3.63, 3.8) is 0 Å². The van der Waals surface area contributed by atoms with Crippen LogP contribution >= 0.6 is 23.2 Å². The Morgan fingerprint density at radius 3 is 2.28 bits per heavy atom. The molecule has 1 fully saturated rings. The van der Waals surface area contributed by atoms with Crippen LogP contribution in [0.25, 0.3) is 0 Å². The van der Waals surface area contributed by atoms with Crippen LogP contribution in [0.4, 0.5) is 4.79 Å². The molecule has 0 aliphatic carbocycles. The average molecular weight is 377 g/mol. The van der Waals surface area contributed by atoms with Gasteiger partial charge in [0.2, 0.25) is 0 Å². The van der Waals surface area contributed by atoms with Gasteiger partial charge >= 0.3 is 6.03 Å². The molecule has 1 heterocycles. The predicted octanol–water partition coefficient (Wildman–Crippen LogP) is 3.64. The monoisotopic (exact) mass is 376 g/mol. The van der Waals surface area contributed by atoms with Crippen molar-refractivity contribution in [2.45, 2.75) is 12.5 Å². The van der Waals surface area contributed by atoms with Crippen molar-refractivity contribution in [3.05, 3.63) is 69.7 Å². The van der Waals surface area contributed by atoms with Crippen LogP contribution in [0, 0.1) is 0 Å². The van der Waals surface area contributed by atoms with E-state index < -0.39 is 29.8 Å².